The number of rotatable bonds is 14. The Morgan fingerprint density at radius 1 is 0.222 bits per heavy atom. The van der Waals surface area contributed by atoms with E-state index in [2.05, 4.69) is 459 Å². The first-order valence-electron chi connectivity index (χ1n) is 40.5. The van der Waals surface area contributed by atoms with Crippen molar-refractivity contribution in [2.24, 2.45) is 0 Å². The summed E-state index contributed by atoms with van der Waals surface area (Å²) in [6.45, 7) is 14.5. The third-order valence-corrected chi connectivity index (χ3v) is 22.2. The first kappa shape index (κ1) is 77.3. The van der Waals surface area contributed by atoms with Crippen molar-refractivity contribution in [2.75, 3.05) is 14.7 Å². The van der Waals surface area contributed by atoms with E-state index in [1.54, 1.807) is 24.3 Å². The highest BCUT2D eigenvalue weighted by molar-refractivity contribution is 6.19. The van der Waals surface area contributed by atoms with Crippen LogP contribution >= 0.6 is 0 Å². The fourth-order valence-corrected chi connectivity index (χ4v) is 16.3. The van der Waals surface area contributed by atoms with E-state index in [1.807, 2.05) is 0 Å². The summed E-state index contributed by atoms with van der Waals surface area (Å²) in [6, 6.07) is 150. The molecule has 4 heterocycles. The lowest BCUT2D eigenvalue weighted by Gasteiger charge is -2.27. The fourth-order valence-electron chi connectivity index (χ4n) is 16.3. The van der Waals surface area contributed by atoms with Gasteiger partial charge in [0.05, 0.1) is 22.4 Å². The zero-order valence-electron chi connectivity index (χ0n) is 67.3. The molecule has 4 aromatic heterocycles. The van der Waals surface area contributed by atoms with Gasteiger partial charge in [-0.1, -0.05) is 292 Å². The highest BCUT2D eigenvalue weighted by Gasteiger charge is 2.28. The van der Waals surface area contributed by atoms with Crippen LogP contribution in [0.1, 0.15) is 22.8 Å². The van der Waals surface area contributed by atoms with E-state index in [0.717, 1.165) is 56.9 Å². The number of anilines is 9. The Morgan fingerprint density at radius 2 is 0.460 bits per heavy atom. The normalized spacial score (nSPS) is 10.8. The van der Waals surface area contributed by atoms with Crippen LogP contribution in [0.3, 0.4) is 0 Å². The summed E-state index contributed by atoms with van der Waals surface area (Å²) >= 11 is 0. The van der Waals surface area contributed by atoms with Crippen LogP contribution in [-0.4, -0.2) is 34.5 Å². The molecule has 0 radical (unpaired) electrons. The number of nitrogens with zero attached hydrogens (tertiary/aromatic N) is 16. The second-order valence-corrected chi connectivity index (χ2v) is 29.5. The maximum absolute atomic E-state index is 9.29. The average Bonchev–Trinajstić information content (AvgIpc) is 1.12. The van der Waals surface area contributed by atoms with E-state index < -0.39 is 0 Å². The number of fused-ring (bicyclic) bond motifs is 11. The lowest BCUT2D eigenvalue weighted by Crippen LogP contribution is -2.10. The standard InChI is InChI=1S/C48H34N2.C44H32N2.C18N12/c1-3-11-35(12-4-1)37-19-27-41(28-20-37)49(42-29-21-38(22-30-42)36-13-5-2-6-14-36)43-31-23-39(24-32-43)40-25-33-44(34-26-40)50-47-17-9-7-15-45(47)46-16-8-10-18-48(46)50;1-3-17-37(18-4-1)45(43-23-11-15-35-13-7-9-21-41(35)43)39-29-25-33(26-30-39)34-27-31-40(32-28-34)46(38-19-5-2-6-20-38)44-24-12-16-36-14-8-10-22-42(36)44;1-23-17-18(24-2)30-16-14-12(26-8(4-20)10(6-22)28-14)11-13(15(16)29-17)27-9(5-21)7(3-19)25-11/h1-34H;1-32H;. The Bertz CT molecular complexity index is 7320. The van der Waals surface area contributed by atoms with Gasteiger partial charge in [0.25, 0.3) is 11.6 Å². The van der Waals surface area contributed by atoms with Crippen molar-refractivity contribution in [2.45, 2.75) is 0 Å². The van der Waals surface area contributed by atoms with Crippen molar-refractivity contribution >= 4 is 139 Å². The summed E-state index contributed by atoms with van der Waals surface area (Å²) in [6.07, 6.45) is 0. The molecule has 0 bridgehead atoms. The third kappa shape index (κ3) is 14.9. The summed E-state index contributed by atoms with van der Waals surface area (Å²) < 4.78 is 2.36. The van der Waals surface area contributed by atoms with E-state index >= 15 is 0 Å². The van der Waals surface area contributed by atoms with Crippen LogP contribution in [0.25, 0.3) is 136 Å². The molecular weight excluding hydrogens is 1550 g/mol. The zero-order chi connectivity index (χ0) is 85.4. The largest absolute Gasteiger partial charge is 0.370 e. The molecule has 21 rings (SSSR count). The molecule has 16 heteroatoms. The molecular formula is C110H66N16. The van der Waals surface area contributed by atoms with Gasteiger partial charge in [0.15, 0.2) is 22.8 Å². The summed E-state index contributed by atoms with van der Waals surface area (Å²) in [5.41, 5.74) is 22.1. The van der Waals surface area contributed by atoms with Gasteiger partial charge < -0.3 is 29.0 Å². The van der Waals surface area contributed by atoms with Gasteiger partial charge >= 0.3 is 0 Å². The predicted molar refractivity (Wildman–Crippen MR) is 505 cm³/mol. The fraction of sp³-hybridized carbons (Fsp3) is 0. The van der Waals surface area contributed by atoms with Gasteiger partial charge in [0.1, 0.15) is 46.3 Å². The van der Waals surface area contributed by atoms with Gasteiger partial charge in [0, 0.05) is 67.0 Å². The van der Waals surface area contributed by atoms with Crippen molar-refractivity contribution in [1.82, 2.24) is 34.5 Å². The van der Waals surface area contributed by atoms with Gasteiger partial charge in [-0.25, -0.2) is 19.9 Å². The van der Waals surface area contributed by atoms with Crippen LogP contribution in [0.2, 0.25) is 0 Å². The maximum atomic E-state index is 9.29. The second-order valence-electron chi connectivity index (χ2n) is 29.5. The van der Waals surface area contributed by atoms with Crippen molar-refractivity contribution in [3.05, 3.63) is 446 Å². The van der Waals surface area contributed by atoms with Crippen LogP contribution in [-0.2, 0) is 0 Å². The van der Waals surface area contributed by atoms with Gasteiger partial charge in [-0.15, -0.1) is 9.97 Å². The summed E-state index contributed by atoms with van der Waals surface area (Å²) in [5, 5.41) is 44.6. The van der Waals surface area contributed by atoms with Gasteiger partial charge in [-0.3, -0.25) is 0 Å². The van der Waals surface area contributed by atoms with Crippen LogP contribution in [0, 0.1) is 58.5 Å². The molecule has 0 N–H and O–H groups in total. The molecule has 0 aliphatic heterocycles. The van der Waals surface area contributed by atoms with E-state index in [0.29, 0.717) is 0 Å². The number of hydrogen-bond donors (Lipinski definition) is 0. The molecule has 0 unspecified atom stereocenters. The minimum atomic E-state index is -0.301. The second kappa shape index (κ2) is 34.4. The number of benzene rings is 17. The molecule has 126 heavy (non-hydrogen) atoms. The van der Waals surface area contributed by atoms with Crippen LogP contribution in [0.4, 0.5) is 62.8 Å². The third-order valence-electron chi connectivity index (χ3n) is 22.2. The van der Waals surface area contributed by atoms with E-state index in [-0.39, 0.29) is 67.5 Å². The lowest BCUT2D eigenvalue weighted by molar-refractivity contribution is 1.17. The first-order valence-corrected chi connectivity index (χ1v) is 40.5. The summed E-state index contributed by atoms with van der Waals surface area (Å²) in [4.78, 5) is 38.1. The monoisotopic (exact) mass is 1610 g/mol. The number of aromatic nitrogens is 7. The Kier molecular flexibility index (Phi) is 21.1. The smallest absolute Gasteiger partial charge is 0.294 e. The molecule has 17 aromatic carbocycles. The highest BCUT2D eigenvalue weighted by atomic mass is 15.2. The lowest BCUT2D eigenvalue weighted by atomic mass is 10.0. The van der Waals surface area contributed by atoms with Crippen molar-refractivity contribution in [1.29, 1.82) is 21.0 Å². The van der Waals surface area contributed by atoms with Crippen LogP contribution in [0.15, 0.2) is 400 Å². The van der Waals surface area contributed by atoms with Gasteiger partial charge in [-0.2, -0.15) is 21.0 Å². The molecule has 0 amide bonds. The van der Waals surface area contributed by atoms with Crippen molar-refractivity contribution in [3.8, 4) is 74.5 Å². The topological polar surface area (TPSA) is 196 Å². The van der Waals surface area contributed by atoms with E-state index in [4.69, 9.17) is 13.1 Å². The molecule has 21 aromatic rings. The summed E-state index contributed by atoms with van der Waals surface area (Å²) in [5.74, 6) is -0.602. The minimum absolute atomic E-state index is 0.00714. The SMILES string of the molecule is [C-]#[N+]c1nc2c3nc(C#N)c(C#N)nc3c3nc(C#N)c(C#N)nc3c2nc1[N+]#[C-].c1ccc(-c2ccc(N(c3ccc(-c4ccccc4)cc3)c3ccc(-c4ccc(-n5c6ccccc6c6ccccc65)cc4)cc3)cc2)cc1.c1ccc(N(c2ccc(-c3ccc(N(c4ccccc4)c4cccc5ccccc45)cc3)cc2)c2cccc3ccccc23)cc1. The highest BCUT2D eigenvalue weighted by Crippen LogP contribution is 2.45. The molecule has 586 valence electrons. The van der Waals surface area contributed by atoms with E-state index in [9.17, 15) is 21.0 Å². The Morgan fingerprint density at radius 3 is 0.770 bits per heavy atom. The maximum Gasteiger partial charge on any atom is 0.294 e. The van der Waals surface area contributed by atoms with E-state index in [1.165, 1.54) is 87.9 Å². The summed E-state index contributed by atoms with van der Waals surface area (Å²) in [7, 11) is 0. The molecule has 0 aliphatic rings. The zero-order valence-corrected chi connectivity index (χ0v) is 67.3. The molecule has 0 saturated heterocycles. The predicted octanol–water partition coefficient (Wildman–Crippen LogP) is 28.0. The van der Waals surface area contributed by atoms with Crippen molar-refractivity contribution < 1.29 is 0 Å². The molecule has 0 atom stereocenters. The Hall–Kier alpha value is -18.6. The molecule has 0 fully saturated rings. The minimum Gasteiger partial charge on any atom is -0.370 e. The molecule has 0 saturated carbocycles. The Balaban J connectivity index is 0.000000127. The van der Waals surface area contributed by atoms with Crippen LogP contribution < -0.4 is 14.7 Å². The van der Waals surface area contributed by atoms with Gasteiger partial charge in [0.2, 0.25) is 11.0 Å². The first-order chi connectivity index (χ1) is 62.2. The Labute approximate surface area is 725 Å². The molecule has 0 aliphatic carbocycles. The average molecular weight is 1610 g/mol. The number of nitriles is 4. The molecule has 16 nitrogen and oxygen atoms in total. The number of hydrogen-bond acceptors (Lipinski definition) is 13. The number of para-hydroxylation sites is 4. The van der Waals surface area contributed by atoms with Gasteiger partial charge in [-0.05, 0) is 177 Å². The van der Waals surface area contributed by atoms with Crippen molar-refractivity contribution in [3.63, 3.8) is 0 Å². The molecule has 0 spiro atoms. The van der Waals surface area contributed by atoms with Crippen LogP contribution in [0.5, 0.6) is 0 Å². The quantitative estimate of drug-likeness (QED) is 0.0737.